The summed E-state index contributed by atoms with van der Waals surface area (Å²) in [5.74, 6) is 2.64. The average molecular weight is 313 g/mol. The molecule has 0 radical (unpaired) electrons. The zero-order valence-electron chi connectivity index (χ0n) is 13.5. The minimum atomic E-state index is 0.549. The fourth-order valence-corrected chi connectivity index (χ4v) is 3.22. The molecule has 1 N–H and O–H groups in total. The van der Waals surface area contributed by atoms with E-state index in [-0.39, 0.29) is 0 Å². The molecule has 0 aromatic carbocycles. The number of pyridine rings is 1. The Balaban J connectivity index is 1.28. The normalized spacial score (nSPS) is 21.7. The summed E-state index contributed by atoms with van der Waals surface area (Å²) in [6, 6.07) is 4.66. The molecule has 0 amide bonds. The van der Waals surface area contributed by atoms with Crippen LogP contribution in [0.15, 0.2) is 18.3 Å². The first-order valence-electron chi connectivity index (χ1n) is 8.43. The molecule has 2 fully saturated rings. The number of hydrogen-bond acceptors (Lipinski definition) is 6. The van der Waals surface area contributed by atoms with Crippen LogP contribution in [0.5, 0.6) is 0 Å². The minimum absolute atomic E-state index is 0.549. The number of likely N-dealkylation sites (tertiary alicyclic amines) is 1. The molecule has 1 atom stereocenters. The number of anilines is 1. The third kappa shape index (κ3) is 3.50. The van der Waals surface area contributed by atoms with Gasteiger partial charge in [-0.15, -0.1) is 5.10 Å². The van der Waals surface area contributed by atoms with E-state index in [9.17, 15) is 0 Å². The van der Waals surface area contributed by atoms with Crippen LogP contribution < -0.4 is 5.32 Å². The van der Waals surface area contributed by atoms with Gasteiger partial charge in [-0.2, -0.15) is 0 Å². The zero-order chi connectivity index (χ0) is 15.6. The van der Waals surface area contributed by atoms with Crippen LogP contribution in [0.4, 0.5) is 5.82 Å². The highest BCUT2D eigenvalue weighted by atomic mass is 15.6. The topological polar surface area (TPSA) is 71.8 Å². The van der Waals surface area contributed by atoms with E-state index in [1.807, 2.05) is 16.9 Å². The summed E-state index contributed by atoms with van der Waals surface area (Å²) in [7, 11) is 0. The highest BCUT2D eigenvalue weighted by Gasteiger charge is 2.29. The Kier molecular flexibility index (Phi) is 3.95. The van der Waals surface area contributed by atoms with Gasteiger partial charge >= 0.3 is 0 Å². The molecule has 7 nitrogen and oxygen atoms in total. The van der Waals surface area contributed by atoms with Gasteiger partial charge in [0, 0.05) is 19.3 Å². The summed E-state index contributed by atoms with van der Waals surface area (Å²) in [4.78, 5) is 6.82. The molecule has 0 spiro atoms. The molecular formula is C16H23N7. The maximum Gasteiger partial charge on any atom is 0.165 e. The largest absolute Gasteiger partial charge is 0.370 e. The summed E-state index contributed by atoms with van der Waals surface area (Å²) in [6.07, 6.45) is 5.50. The molecule has 1 saturated heterocycles. The Hall–Kier alpha value is -2.02. The van der Waals surface area contributed by atoms with Gasteiger partial charge in [0.2, 0.25) is 0 Å². The van der Waals surface area contributed by atoms with E-state index in [0.29, 0.717) is 12.0 Å². The lowest BCUT2D eigenvalue weighted by molar-refractivity contribution is 0.302. The van der Waals surface area contributed by atoms with Gasteiger partial charge in [0.15, 0.2) is 5.82 Å². The average Bonchev–Trinajstić information content (AvgIpc) is 3.12. The number of nitrogens with one attached hydrogen (secondary N) is 1. The fraction of sp³-hybridized carbons (Fsp3) is 0.625. The van der Waals surface area contributed by atoms with Crippen LogP contribution in [0.3, 0.4) is 0 Å². The van der Waals surface area contributed by atoms with Crippen molar-refractivity contribution in [1.29, 1.82) is 0 Å². The predicted molar refractivity (Wildman–Crippen MR) is 86.9 cm³/mol. The Bertz CT molecular complexity index is 664. The maximum atomic E-state index is 4.36. The second-order valence-electron chi connectivity index (χ2n) is 6.76. The van der Waals surface area contributed by atoms with Crippen molar-refractivity contribution >= 4 is 5.82 Å². The van der Waals surface area contributed by atoms with Crippen molar-refractivity contribution in [2.24, 2.45) is 5.92 Å². The number of rotatable bonds is 6. The van der Waals surface area contributed by atoms with Crippen molar-refractivity contribution in [1.82, 2.24) is 30.1 Å². The van der Waals surface area contributed by atoms with Crippen molar-refractivity contribution < 1.29 is 0 Å². The molecule has 3 heterocycles. The van der Waals surface area contributed by atoms with Gasteiger partial charge in [0.05, 0.1) is 12.6 Å². The molecule has 0 bridgehead atoms. The first kappa shape index (κ1) is 14.6. The molecule has 122 valence electrons. The lowest BCUT2D eigenvalue weighted by Crippen LogP contribution is -2.24. The molecule has 2 aromatic heterocycles. The minimum Gasteiger partial charge on any atom is -0.370 e. The molecule has 23 heavy (non-hydrogen) atoms. The molecule has 1 aliphatic carbocycles. The summed E-state index contributed by atoms with van der Waals surface area (Å²) in [5, 5.41) is 15.6. The van der Waals surface area contributed by atoms with Crippen LogP contribution in [-0.2, 0) is 6.54 Å². The number of nitrogens with zero attached hydrogens (tertiary/aromatic N) is 6. The van der Waals surface area contributed by atoms with E-state index in [0.717, 1.165) is 37.8 Å². The van der Waals surface area contributed by atoms with Crippen LogP contribution in [0.1, 0.15) is 36.7 Å². The third-order valence-electron chi connectivity index (χ3n) is 4.68. The van der Waals surface area contributed by atoms with Gasteiger partial charge in [-0.3, -0.25) is 4.90 Å². The van der Waals surface area contributed by atoms with Gasteiger partial charge < -0.3 is 5.32 Å². The molecular weight excluding hydrogens is 290 g/mol. The van der Waals surface area contributed by atoms with Gasteiger partial charge in [0.1, 0.15) is 5.82 Å². The first-order valence-corrected chi connectivity index (χ1v) is 8.43. The standard InChI is InChI=1S/C16H23N7/c1-12-4-6-17-15(8-12)18-9-13-5-7-22(10-13)11-16-19-20-21-23(16)14-2-3-14/h4,6,8,13-14H,2-3,5,7,9-11H2,1H3,(H,17,18)/t13-/m1/s1. The third-order valence-corrected chi connectivity index (χ3v) is 4.68. The van der Waals surface area contributed by atoms with Crippen molar-refractivity contribution in [2.75, 3.05) is 25.0 Å². The van der Waals surface area contributed by atoms with Gasteiger partial charge in [-0.05, 0) is 66.8 Å². The van der Waals surface area contributed by atoms with Crippen molar-refractivity contribution in [3.05, 3.63) is 29.7 Å². The first-order chi connectivity index (χ1) is 11.3. The number of aryl methyl sites for hydroxylation is 1. The van der Waals surface area contributed by atoms with Gasteiger partial charge in [0.25, 0.3) is 0 Å². The maximum absolute atomic E-state index is 4.36. The Morgan fingerprint density at radius 1 is 1.30 bits per heavy atom. The van der Waals surface area contributed by atoms with Crippen LogP contribution in [0, 0.1) is 12.8 Å². The van der Waals surface area contributed by atoms with Crippen LogP contribution in [0.2, 0.25) is 0 Å². The smallest absolute Gasteiger partial charge is 0.165 e. The summed E-state index contributed by atoms with van der Waals surface area (Å²) in [5.41, 5.74) is 1.24. The second-order valence-corrected chi connectivity index (χ2v) is 6.76. The second kappa shape index (κ2) is 6.23. The van der Waals surface area contributed by atoms with Crippen LogP contribution >= 0.6 is 0 Å². The van der Waals surface area contributed by atoms with E-state index >= 15 is 0 Å². The van der Waals surface area contributed by atoms with Crippen LogP contribution in [-0.4, -0.2) is 49.7 Å². The Labute approximate surface area is 136 Å². The lowest BCUT2D eigenvalue weighted by atomic mass is 10.1. The molecule has 2 aromatic rings. The fourth-order valence-electron chi connectivity index (χ4n) is 3.22. The zero-order valence-corrected chi connectivity index (χ0v) is 13.5. The van der Waals surface area contributed by atoms with Crippen LogP contribution in [0.25, 0.3) is 0 Å². The lowest BCUT2D eigenvalue weighted by Gasteiger charge is -2.16. The molecule has 7 heteroatoms. The summed E-state index contributed by atoms with van der Waals surface area (Å²) < 4.78 is 2.02. The van der Waals surface area contributed by atoms with Crippen molar-refractivity contribution in [3.63, 3.8) is 0 Å². The molecule has 0 unspecified atom stereocenters. The van der Waals surface area contributed by atoms with E-state index in [4.69, 9.17) is 0 Å². The summed E-state index contributed by atoms with van der Waals surface area (Å²) >= 11 is 0. The summed E-state index contributed by atoms with van der Waals surface area (Å²) in [6.45, 7) is 6.14. The van der Waals surface area contributed by atoms with E-state index in [1.165, 1.54) is 24.8 Å². The molecule has 2 aliphatic rings. The predicted octanol–water partition coefficient (Wildman–Crippen LogP) is 1.65. The number of tetrazole rings is 1. The van der Waals surface area contributed by atoms with Gasteiger partial charge in [-0.1, -0.05) is 0 Å². The van der Waals surface area contributed by atoms with E-state index < -0.39 is 0 Å². The molecule has 1 aliphatic heterocycles. The SMILES string of the molecule is Cc1ccnc(NC[C@H]2CCN(Cc3nnnn3C3CC3)C2)c1. The number of aromatic nitrogens is 5. The molecule has 1 saturated carbocycles. The Morgan fingerprint density at radius 3 is 3.04 bits per heavy atom. The highest BCUT2D eigenvalue weighted by Crippen LogP contribution is 2.34. The van der Waals surface area contributed by atoms with Gasteiger partial charge in [-0.25, -0.2) is 9.67 Å². The highest BCUT2D eigenvalue weighted by molar-refractivity contribution is 5.36. The quantitative estimate of drug-likeness (QED) is 0.874. The van der Waals surface area contributed by atoms with E-state index in [2.05, 4.69) is 43.7 Å². The number of hydrogen-bond donors (Lipinski definition) is 1. The van der Waals surface area contributed by atoms with Crippen molar-refractivity contribution in [2.45, 2.75) is 38.8 Å². The monoisotopic (exact) mass is 313 g/mol. The molecule has 4 rings (SSSR count). The van der Waals surface area contributed by atoms with E-state index in [1.54, 1.807) is 0 Å². The Morgan fingerprint density at radius 2 is 2.22 bits per heavy atom. The van der Waals surface area contributed by atoms with Crippen molar-refractivity contribution in [3.8, 4) is 0 Å².